The fraction of sp³-hybridized carbons (Fsp3) is 0.316. The average molecular weight is 355 g/mol. The van der Waals surface area contributed by atoms with Crippen LogP contribution in [0.3, 0.4) is 0 Å². The number of hydrogen-bond acceptors (Lipinski definition) is 7. The van der Waals surface area contributed by atoms with Gasteiger partial charge in [0.05, 0.1) is 27.4 Å². The number of methoxy groups -OCH3 is 2. The molecule has 0 N–H and O–H groups in total. The molecule has 1 aromatic carbocycles. The number of amidine groups is 1. The summed E-state index contributed by atoms with van der Waals surface area (Å²) in [6.07, 6.45) is 1.68. The molecule has 0 radical (unpaired) electrons. The van der Waals surface area contributed by atoms with E-state index in [1.165, 1.54) is 0 Å². The number of esters is 1. The van der Waals surface area contributed by atoms with Crippen LogP contribution in [0.5, 0.6) is 11.6 Å². The Morgan fingerprint density at radius 2 is 1.92 bits per heavy atom. The number of anilines is 1. The summed E-state index contributed by atoms with van der Waals surface area (Å²) < 4.78 is 15.5. The molecule has 1 unspecified atom stereocenters. The van der Waals surface area contributed by atoms with Gasteiger partial charge in [0.25, 0.3) is 0 Å². The van der Waals surface area contributed by atoms with E-state index in [0.29, 0.717) is 24.9 Å². The molecule has 7 nitrogen and oxygen atoms in total. The van der Waals surface area contributed by atoms with Crippen molar-refractivity contribution in [2.24, 2.45) is 4.99 Å². The lowest BCUT2D eigenvalue weighted by Gasteiger charge is -2.21. The van der Waals surface area contributed by atoms with Gasteiger partial charge in [-0.2, -0.15) is 0 Å². The van der Waals surface area contributed by atoms with Crippen molar-refractivity contribution in [3.05, 3.63) is 48.2 Å². The summed E-state index contributed by atoms with van der Waals surface area (Å²) in [7, 11) is 3.19. The monoisotopic (exact) mass is 355 g/mol. The molecule has 7 heteroatoms. The van der Waals surface area contributed by atoms with Crippen LogP contribution in [0.2, 0.25) is 0 Å². The van der Waals surface area contributed by atoms with Crippen LogP contribution in [0.25, 0.3) is 0 Å². The standard InChI is InChI=1S/C19H21N3O4/c1-4-26-19(23)16-12-22(14-6-8-15(24-2)9-7-14)18(21-16)13-5-10-17(25-3)20-11-13/h5-11,16H,4,12H2,1-3H3. The molecule has 0 fully saturated rings. The van der Waals surface area contributed by atoms with Crippen LogP contribution in [0.4, 0.5) is 5.69 Å². The Hall–Kier alpha value is -3.09. The number of aromatic nitrogens is 1. The van der Waals surface area contributed by atoms with Crippen molar-refractivity contribution in [1.29, 1.82) is 0 Å². The van der Waals surface area contributed by atoms with Crippen molar-refractivity contribution in [1.82, 2.24) is 4.98 Å². The van der Waals surface area contributed by atoms with E-state index in [1.54, 1.807) is 33.4 Å². The first kappa shape index (κ1) is 17.7. The van der Waals surface area contributed by atoms with Crippen molar-refractivity contribution in [2.75, 3.05) is 32.3 Å². The summed E-state index contributed by atoms with van der Waals surface area (Å²) in [6, 6.07) is 10.7. The molecule has 2 heterocycles. The molecule has 0 spiro atoms. The van der Waals surface area contributed by atoms with Gasteiger partial charge in [0.1, 0.15) is 11.6 Å². The topological polar surface area (TPSA) is 73.2 Å². The summed E-state index contributed by atoms with van der Waals surface area (Å²) in [5, 5.41) is 0. The van der Waals surface area contributed by atoms with Gasteiger partial charge in [-0.1, -0.05) is 0 Å². The van der Waals surface area contributed by atoms with E-state index in [0.717, 1.165) is 17.0 Å². The number of carbonyl (C=O) groups is 1. The lowest BCUT2D eigenvalue weighted by molar-refractivity contribution is -0.144. The number of ether oxygens (including phenoxy) is 3. The molecule has 1 aromatic heterocycles. The van der Waals surface area contributed by atoms with Crippen molar-refractivity contribution in [2.45, 2.75) is 13.0 Å². The Labute approximate surface area is 152 Å². The highest BCUT2D eigenvalue weighted by Gasteiger charge is 2.33. The predicted molar refractivity (Wildman–Crippen MR) is 98.1 cm³/mol. The third kappa shape index (κ3) is 3.61. The van der Waals surface area contributed by atoms with Crippen LogP contribution in [0.1, 0.15) is 12.5 Å². The minimum absolute atomic E-state index is 0.326. The highest BCUT2D eigenvalue weighted by Crippen LogP contribution is 2.26. The van der Waals surface area contributed by atoms with Crippen LogP contribution in [-0.2, 0) is 9.53 Å². The van der Waals surface area contributed by atoms with Crippen LogP contribution in [-0.4, -0.2) is 50.2 Å². The highest BCUT2D eigenvalue weighted by atomic mass is 16.5. The third-order valence-corrected chi connectivity index (χ3v) is 4.04. The Balaban J connectivity index is 1.94. The summed E-state index contributed by atoms with van der Waals surface area (Å²) in [6.45, 7) is 2.52. The van der Waals surface area contributed by atoms with E-state index < -0.39 is 6.04 Å². The quantitative estimate of drug-likeness (QED) is 0.741. The molecule has 0 amide bonds. The molecule has 0 bridgehead atoms. The van der Waals surface area contributed by atoms with E-state index in [2.05, 4.69) is 9.98 Å². The van der Waals surface area contributed by atoms with E-state index in [-0.39, 0.29) is 5.97 Å². The molecular weight excluding hydrogens is 334 g/mol. The minimum atomic E-state index is -0.575. The number of benzene rings is 1. The Kier molecular flexibility index (Phi) is 5.36. The maximum absolute atomic E-state index is 12.2. The summed E-state index contributed by atoms with van der Waals surface area (Å²) in [5.41, 5.74) is 1.71. The number of pyridine rings is 1. The number of carbonyl (C=O) groups excluding carboxylic acids is 1. The molecule has 1 aliphatic rings. The molecule has 136 valence electrons. The van der Waals surface area contributed by atoms with Crippen molar-refractivity contribution >= 4 is 17.5 Å². The van der Waals surface area contributed by atoms with Crippen LogP contribution >= 0.6 is 0 Å². The third-order valence-electron chi connectivity index (χ3n) is 4.04. The van der Waals surface area contributed by atoms with Gasteiger partial charge in [-0.05, 0) is 37.3 Å². The second kappa shape index (κ2) is 7.86. The molecule has 1 atom stereocenters. The molecule has 3 rings (SSSR count). The minimum Gasteiger partial charge on any atom is -0.497 e. The van der Waals surface area contributed by atoms with E-state index >= 15 is 0 Å². The molecule has 0 saturated heterocycles. The van der Waals surface area contributed by atoms with Gasteiger partial charge in [0, 0.05) is 23.5 Å². The normalized spacial score (nSPS) is 16.2. The molecule has 26 heavy (non-hydrogen) atoms. The van der Waals surface area contributed by atoms with Gasteiger partial charge >= 0.3 is 5.97 Å². The number of nitrogens with zero attached hydrogens (tertiary/aromatic N) is 3. The lowest BCUT2D eigenvalue weighted by Crippen LogP contribution is -2.32. The smallest absolute Gasteiger partial charge is 0.332 e. The molecule has 1 aliphatic heterocycles. The van der Waals surface area contributed by atoms with Gasteiger partial charge in [-0.15, -0.1) is 0 Å². The molecule has 2 aromatic rings. The number of hydrogen-bond donors (Lipinski definition) is 0. The Morgan fingerprint density at radius 1 is 1.15 bits per heavy atom. The Morgan fingerprint density at radius 3 is 2.50 bits per heavy atom. The van der Waals surface area contributed by atoms with E-state index in [9.17, 15) is 4.79 Å². The summed E-state index contributed by atoms with van der Waals surface area (Å²) in [5.74, 6) is 1.62. The maximum Gasteiger partial charge on any atom is 0.332 e. The zero-order valence-electron chi connectivity index (χ0n) is 15.0. The molecular formula is C19H21N3O4. The SMILES string of the molecule is CCOC(=O)C1CN(c2ccc(OC)cc2)C(c2ccc(OC)nc2)=N1. The first-order valence-corrected chi connectivity index (χ1v) is 8.32. The lowest BCUT2D eigenvalue weighted by atomic mass is 10.2. The zero-order valence-corrected chi connectivity index (χ0v) is 15.0. The second-order valence-corrected chi connectivity index (χ2v) is 5.62. The number of rotatable bonds is 6. The van der Waals surface area contributed by atoms with Crippen LogP contribution in [0, 0.1) is 0 Å². The fourth-order valence-electron chi connectivity index (χ4n) is 2.74. The van der Waals surface area contributed by atoms with Crippen molar-refractivity contribution < 1.29 is 19.0 Å². The van der Waals surface area contributed by atoms with Gasteiger partial charge in [-0.25, -0.2) is 9.78 Å². The Bertz CT molecular complexity index is 787. The van der Waals surface area contributed by atoms with Crippen molar-refractivity contribution in [3.63, 3.8) is 0 Å². The van der Waals surface area contributed by atoms with Crippen molar-refractivity contribution in [3.8, 4) is 11.6 Å². The van der Waals surface area contributed by atoms with Gasteiger partial charge < -0.3 is 19.1 Å². The summed E-state index contributed by atoms with van der Waals surface area (Å²) >= 11 is 0. The highest BCUT2D eigenvalue weighted by molar-refractivity contribution is 6.12. The van der Waals surface area contributed by atoms with Gasteiger partial charge in [0.15, 0.2) is 6.04 Å². The van der Waals surface area contributed by atoms with E-state index in [4.69, 9.17) is 14.2 Å². The molecule has 0 aliphatic carbocycles. The zero-order chi connectivity index (χ0) is 18.5. The van der Waals surface area contributed by atoms with Crippen LogP contribution in [0.15, 0.2) is 47.6 Å². The maximum atomic E-state index is 12.2. The fourth-order valence-corrected chi connectivity index (χ4v) is 2.74. The first-order valence-electron chi connectivity index (χ1n) is 8.32. The number of aliphatic imine (C=N–C) groups is 1. The largest absolute Gasteiger partial charge is 0.497 e. The average Bonchev–Trinajstić information content (AvgIpc) is 3.14. The van der Waals surface area contributed by atoms with E-state index in [1.807, 2.05) is 35.2 Å². The predicted octanol–water partition coefficient (Wildman–Crippen LogP) is 2.30. The van der Waals surface area contributed by atoms with Crippen LogP contribution < -0.4 is 14.4 Å². The second-order valence-electron chi connectivity index (χ2n) is 5.62. The van der Waals surface area contributed by atoms with Gasteiger partial charge in [0.2, 0.25) is 5.88 Å². The first-order chi connectivity index (χ1) is 12.7. The molecule has 0 saturated carbocycles. The van der Waals surface area contributed by atoms with Gasteiger partial charge in [-0.3, -0.25) is 4.99 Å². The summed E-state index contributed by atoms with van der Waals surface area (Å²) in [4.78, 5) is 23.0.